The second kappa shape index (κ2) is 4.02. The van der Waals surface area contributed by atoms with Gasteiger partial charge in [0, 0.05) is 6.54 Å². The first kappa shape index (κ1) is 6.85. The highest BCUT2D eigenvalue weighted by Gasteiger charge is 1.94. The molecule has 4 heteroatoms. The molecule has 44 valence electrons. The molecule has 0 unspecified atom stereocenters. The Morgan fingerprint density at radius 1 is 2.00 bits per heavy atom. The number of amides is 1. The summed E-state index contributed by atoms with van der Waals surface area (Å²) in [5, 5.41) is 2.40. The molecule has 1 amide bonds. The Kier molecular flexibility index (Phi) is 3.44. The number of nitrogens with one attached hydrogen (secondary N) is 1. The molecule has 0 atom stereocenters. The van der Waals surface area contributed by atoms with Gasteiger partial charge in [-0.05, 0) is 6.92 Å². The molecule has 0 saturated heterocycles. The Morgan fingerprint density at radius 3 is 3.00 bits per heavy atom. The van der Waals surface area contributed by atoms with E-state index in [-0.39, 0.29) is 5.91 Å². The molecule has 0 aliphatic carbocycles. The minimum atomic E-state index is -0.380. The lowest BCUT2D eigenvalue weighted by molar-refractivity contribution is -0.117. The third kappa shape index (κ3) is 3.06. The topological polar surface area (TPSA) is 65.5 Å². The van der Waals surface area contributed by atoms with E-state index in [9.17, 15) is 4.79 Å². The highest BCUT2D eigenvalue weighted by molar-refractivity contribution is 6.23. The lowest BCUT2D eigenvalue weighted by Gasteiger charge is -1.86. The Balaban J connectivity index is 3.49. The van der Waals surface area contributed by atoms with Gasteiger partial charge in [-0.2, -0.15) is 4.79 Å². The predicted molar refractivity (Wildman–Crippen MR) is 28.4 cm³/mol. The van der Waals surface area contributed by atoms with Crippen molar-refractivity contribution in [3.05, 3.63) is 5.53 Å². The fraction of sp³-hybridized carbons (Fsp3) is 0.500. The van der Waals surface area contributed by atoms with Crippen LogP contribution in [0.5, 0.6) is 0 Å². The minimum absolute atomic E-state index is 0.380. The Bertz CT molecular complexity index is 125. The first-order valence-electron chi connectivity index (χ1n) is 2.26. The van der Waals surface area contributed by atoms with Gasteiger partial charge in [0.15, 0.2) is 0 Å². The van der Waals surface area contributed by atoms with Gasteiger partial charge in [0.25, 0.3) is 0 Å². The molecule has 0 rings (SSSR count). The second-order valence-corrected chi connectivity index (χ2v) is 1.14. The van der Waals surface area contributed by atoms with E-state index in [2.05, 4.69) is 10.1 Å². The molecule has 0 aromatic rings. The highest BCUT2D eigenvalue weighted by atomic mass is 16.1. The van der Waals surface area contributed by atoms with E-state index in [1.807, 2.05) is 0 Å². The lowest BCUT2D eigenvalue weighted by Crippen LogP contribution is -2.23. The molecular formula is C4H7N3O. The highest BCUT2D eigenvalue weighted by Crippen LogP contribution is 1.52. The first-order chi connectivity index (χ1) is 3.81. The second-order valence-electron chi connectivity index (χ2n) is 1.14. The quantitative estimate of drug-likeness (QED) is 0.290. The fourth-order valence-electron chi connectivity index (χ4n) is 0.272. The molecule has 0 radical (unpaired) electrons. The number of nitrogens with zero attached hydrogens (tertiary/aromatic N) is 2. The van der Waals surface area contributed by atoms with E-state index >= 15 is 0 Å². The van der Waals surface area contributed by atoms with Gasteiger partial charge in [-0.1, -0.05) is 0 Å². The zero-order valence-corrected chi connectivity index (χ0v) is 4.59. The molecule has 4 nitrogen and oxygen atoms in total. The van der Waals surface area contributed by atoms with Crippen LogP contribution in [0, 0.1) is 0 Å². The number of carbonyl (C=O) groups excluding carboxylic acids is 1. The van der Waals surface area contributed by atoms with Crippen LogP contribution in [0.1, 0.15) is 6.92 Å². The summed E-state index contributed by atoms with van der Waals surface area (Å²) in [6, 6.07) is 0. The van der Waals surface area contributed by atoms with Gasteiger partial charge in [-0.15, -0.1) is 0 Å². The Labute approximate surface area is 47.1 Å². The summed E-state index contributed by atoms with van der Waals surface area (Å²) in [7, 11) is 0. The molecular weight excluding hydrogens is 106 g/mol. The smallest absolute Gasteiger partial charge is 0.344 e. The summed E-state index contributed by atoms with van der Waals surface area (Å²) in [5.41, 5.74) is 7.77. The normalized spacial score (nSPS) is 7.12. The van der Waals surface area contributed by atoms with Crippen LogP contribution in [0.2, 0.25) is 0 Å². The van der Waals surface area contributed by atoms with Crippen LogP contribution >= 0.6 is 0 Å². The van der Waals surface area contributed by atoms with Gasteiger partial charge in [0.1, 0.15) is 0 Å². The van der Waals surface area contributed by atoms with Crippen LogP contribution in [0.4, 0.5) is 0 Å². The van der Waals surface area contributed by atoms with E-state index in [0.29, 0.717) is 6.54 Å². The summed E-state index contributed by atoms with van der Waals surface area (Å²) in [6.07, 6.45) is 0.809. The van der Waals surface area contributed by atoms with E-state index < -0.39 is 0 Å². The zero-order valence-electron chi connectivity index (χ0n) is 4.59. The van der Waals surface area contributed by atoms with Crippen molar-refractivity contribution in [2.75, 3.05) is 6.54 Å². The maximum Gasteiger partial charge on any atom is 0.344 e. The SMILES string of the molecule is CCNC(=O)C=[N+]=[N-]. The van der Waals surface area contributed by atoms with Crippen molar-refractivity contribution < 1.29 is 9.58 Å². The van der Waals surface area contributed by atoms with Crippen molar-refractivity contribution in [3.8, 4) is 0 Å². The molecule has 0 aromatic carbocycles. The number of hydrogen-bond donors (Lipinski definition) is 1. The van der Waals surface area contributed by atoms with Gasteiger partial charge >= 0.3 is 12.1 Å². The van der Waals surface area contributed by atoms with Gasteiger partial charge in [-0.3, -0.25) is 4.79 Å². The van der Waals surface area contributed by atoms with Crippen molar-refractivity contribution in [1.82, 2.24) is 5.32 Å². The third-order valence-electron chi connectivity index (χ3n) is 0.526. The van der Waals surface area contributed by atoms with Crippen molar-refractivity contribution in [2.45, 2.75) is 6.92 Å². The molecule has 0 heterocycles. The molecule has 0 aromatic heterocycles. The molecule has 8 heavy (non-hydrogen) atoms. The average molecular weight is 113 g/mol. The average Bonchev–Trinajstić information content (AvgIpc) is 1.68. The summed E-state index contributed by atoms with van der Waals surface area (Å²) in [6.45, 7) is 2.33. The van der Waals surface area contributed by atoms with Gasteiger partial charge in [0.2, 0.25) is 0 Å². The molecule has 0 spiro atoms. The maximum atomic E-state index is 10.2. The maximum absolute atomic E-state index is 10.2. The molecule has 0 aliphatic heterocycles. The van der Waals surface area contributed by atoms with E-state index in [1.54, 1.807) is 6.92 Å². The van der Waals surface area contributed by atoms with Crippen LogP contribution in [0.15, 0.2) is 0 Å². The molecule has 0 aliphatic rings. The van der Waals surface area contributed by atoms with E-state index in [4.69, 9.17) is 5.53 Å². The Hall–Kier alpha value is -1.15. The number of rotatable bonds is 2. The Morgan fingerprint density at radius 2 is 2.62 bits per heavy atom. The summed E-state index contributed by atoms with van der Waals surface area (Å²) in [4.78, 5) is 12.7. The van der Waals surface area contributed by atoms with Crippen LogP contribution in [-0.2, 0) is 4.79 Å². The van der Waals surface area contributed by atoms with Crippen LogP contribution in [-0.4, -0.2) is 23.5 Å². The van der Waals surface area contributed by atoms with Crippen molar-refractivity contribution in [3.63, 3.8) is 0 Å². The summed E-state index contributed by atoms with van der Waals surface area (Å²) in [5.74, 6) is -0.380. The van der Waals surface area contributed by atoms with Crippen molar-refractivity contribution in [2.24, 2.45) is 0 Å². The van der Waals surface area contributed by atoms with Crippen LogP contribution in [0.25, 0.3) is 5.53 Å². The van der Waals surface area contributed by atoms with Gasteiger partial charge in [-0.25, -0.2) is 0 Å². The molecule has 1 N–H and O–H groups in total. The zero-order chi connectivity index (χ0) is 6.41. The van der Waals surface area contributed by atoms with Gasteiger partial charge in [0.05, 0.1) is 0 Å². The van der Waals surface area contributed by atoms with Crippen LogP contribution in [0.3, 0.4) is 0 Å². The summed E-state index contributed by atoms with van der Waals surface area (Å²) < 4.78 is 0. The first-order valence-corrected chi connectivity index (χ1v) is 2.26. The van der Waals surface area contributed by atoms with Crippen molar-refractivity contribution in [1.29, 1.82) is 0 Å². The monoisotopic (exact) mass is 113 g/mol. The van der Waals surface area contributed by atoms with Gasteiger partial charge < -0.3 is 10.8 Å². The molecule has 0 fully saturated rings. The summed E-state index contributed by atoms with van der Waals surface area (Å²) >= 11 is 0. The minimum Gasteiger partial charge on any atom is -0.361 e. The largest absolute Gasteiger partial charge is 0.361 e. The predicted octanol–water partition coefficient (Wildman–Crippen LogP) is -0.577. The van der Waals surface area contributed by atoms with E-state index in [1.165, 1.54) is 0 Å². The van der Waals surface area contributed by atoms with Crippen molar-refractivity contribution >= 4 is 12.1 Å². The lowest BCUT2D eigenvalue weighted by atomic mass is 10.6. The number of hydrogen-bond acceptors (Lipinski definition) is 1. The standard InChI is InChI=1S/C4H7N3O/c1-2-6-4(8)3-7-5/h3H,2H2,1H3,(H,6,8). The third-order valence-corrected chi connectivity index (χ3v) is 0.526. The number of carbonyl (C=O) groups is 1. The molecule has 0 bridgehead atoms. The fourth-order valence-corrected chi connectivity index (χ4v) is 0.272. The van der Waals surface area contributed by atoms with Crippen LogP contribution < -0.4 is 5.32 Å². The van der Waals surface area contributed by atoms with E-state index in [0.717, 1.165) is 6.21 Å². The molecule has 0 saturated carbocycles.